The second kappa shape index (κ2) is 8.75. The molecule has 2 aliphatic rings. The second-order valence-corrected chi connectivity index (χ2v) is 9.27. The van der Waals surface area contributed by atoms with Gasteiger partial charge in [-0.1, -0.05) is 48.5 Å². The summed E-state index contributed by atoms with van der Waals surface area (Å²) in [6, 6.07) is 22.4. The summed E-state index contributed by atoms with van der Waals surface area (Å²) in [7, 11) is 3.21. The normalized spacial score (nSPS) is 19.3. The molecule has 182 valence electrons. The van der Waals surface area contributed by atoms with E-state index in [9.17, 15) is 9.59 Å². The lowest BCUT2D eigenvalue weighted by atomic mass is 9.85. The SMILES string of the molecule is COc1ccc(C2c3[nH]c4ccccc4c3CC3C(=O)N(Cc4ccccc4)CC(=O)N32)c(OC)c1. The molecule has 2 atom stereocenters. The van der Waals surface area contributed by atoms with Gasteiger partial charge in [-0.05, 0) is 29.3 Å². The maximum absolute atomic E-state index is 13.9. The van der Waals surface area contributed by atoms with E-state index in [1.807, 2.05) is 66.7 Å². The quantitative estimate of drug-likeness (QED) is 0.466. The van der Waals surface area contributed by atoms with Crippen molar-refractivity contribution in [1.29, 1.82) is 0 Å². The Hall–Kier alpha value is -4.26. The minimum atomic E-state index is -0.599. The number of fused-ring (bicyclic) bond motifs is 4. The lowest BCUT2D eigenvalue weighted by molar-refractivity contribution is -0.159. The predicted molar refractivity (Wildman–Crippen MR) is 136 cm³/mol. The summed E-state index contributed by atoms with van der Waals surface area (Å²) < 4.78 is 11.1. The number of carbonyl (C=O) groups excluding carboxylic acids is 2. The summed E-state index contributed by atoms with van der Waals surface area (Å²) in [6.07, 6.45) is 0.462. The molecule has 0 radical (unpaired) electrons. The molecule has 0 spiro atoms. The summed E-state index contributed by atoms with van der Waals surface area (Å²) in [5.41, 5.74) is 4.80. The first-order valence-corrected chi connectivity index (χ1v) is 12.0. The summed E-state index contributed by atoms with van der Waals surface area (Å²) in [4.78, 5) is 34.6. The predicted octanol–water partition coefficient (Wildman–Crippen LogP) is 4.07. The Morgan fingerprint density at radius 3 is 2.50 bits per heavy atom. The van der Waals surface area contributed by atoms with Crippen molar-refractivity contribution in [2.45, 2.75) is 25.0 Å². The molecule has 1 N–H and O–H groups in total. The smallest absolute Gasteiger partial charge is 0.246 e. The van der Waals surface area contributed by atoms with Crippen LogP contribution in [0, 0.1) is 0 Å². The van der Waals surface area contributed by atoms with Crippen LogP contribution in [0.5, 0.6) is 11.5 Å². The van der Waals surface area contributed by atoms with E-state index in [-0.39, 0.29) is 18.4 Å². The van der Waals surface area contributed by atoms with Gasteiger partial charge in [0, 0.05) is 41.2 Å². The van der Waals surface area contributed by atoms with Gasteiger partial charge in [0.2, 0.25) is 11.8 Å². The molecule has 7 nitrogen and oxygen atoms in total. The van der Waals surface area contributed by atoms with E-state index < -0.39 is 12.1 Å². The Balaban J connectivity index is 1.49. The number of aromatic nitrogens is 1. The van der Waals surface area contributed by atoms with E-state index >= 15 is 0 Å². The number of piperazine rings is 1. The fourth-order valence-electron chi connectivity index (χ4n) is 5.63. The van der Waals surface area contributed by atoms with Crippen molar-refractivity contribution in [3.05, 3.63) is 95.2 Å². The highest BCUT2D eigenvalue weighted by atomic mass is 16.5. The molecular formula is C29H27N3O4. The number of methoxy groups -OCH3 is 2. The standard InChI is InChI=1S/C29H27N3O4/c1-35-19-12-13-21(25(14-19)36-2)28-27-22(20-10-6-7-11-23(20)30-27)15-24-29(34)31(17-26(33)32(24)28)16-18-8-4-3-5-9-18/h3-14,24,28,30H,15-17H2,1-2H3. The summed E-state index contributed by atoms with van der Waals surface area (Å²) in [5, 5.41) is 1.07. The number of hydrogen-bond acceptors (Lipinski definition) is 4. The molecular weight excluding hydrogens is 454 g/mol. The lowest BCUT2D eigenvalue weighted by Crippen LogP contribution is -2.62. The van der Waals surface area contributed by atoms with Crippen LogP contribution < -0.4 is 9.47 Å². The molecule has 1 fully saturated rings. The third-order valence-corrected chi connectivity index (χ3v) is 7.29. The number of amides is 2. The maximum Gasteiger partial charge on any atom is 0.246 e. The van der Waals surface area contributed by atoms with E-state index in [0.717, 1.165) is 33.3 Å². The van der Waals surface area contributed by atoms with Crippen molar-refractivity contribution in [1.82, 2.24) is 14.8 Å². The molecule has 2 aliphatic heterocycles. The summed E-state index contributed by atoms with van der Waals surface area (Å²) in [5.74, 6) is 1.15. The van der Waals surface area contributed by atoms with E-state index in [2.05, 4.69) is 11.1 Å². The van der Waals surface area contributed by atoms with Crippen molar-refractivity contribution in [3.8, 4) is 11.5 Å². The van der Waals surface area contributed by atoms with Gasteiger partial charge >= 0.3 is 0 Å². The van der Waals surface area contributed by atoms with Crippen molar-refractivity contribution >= 4 is 22.7 Å². The number of H-pyrrole nitrogens is 1. The monoisotopic (exact) mass is 481 g/mol. The Labute approximate surface area is 209 Å². The number of nitrogens with one attached hydrogen (secondary N) is 1. The zero-order chi connectivity index (χ0) is 24.8. The molecule has 6 rings (SSSR count). The molecule has 0 aliphatic carbocycles. The highest BCUT2D eigenvalue weighted by Gasteiger charge is 2.48. The minimum absolute atomic E-state index is 0.0353. The summed E-state index contributed by atoms with van der Waals surface area (Å²) in [6.45, 7) is 0.446. The lowest BCUT2D eigenvalue weighted by Gasteiger charge is -2.47. The number of benzene rings is 3. The molecule has 2 unspecified atom stereocenters. The van der Waals surface area contributed by atoms with E-state index in [4.69, 9.17) is 9.47 Å². The van der Waals surface area contributed by atoms with Crippen LogP contribution in [-0.4, -0.2) is 53.4 Å². The van der Waals surface area contributed by atoms with Crippen LogP contribution in [0.1, 0.15) is 28.4 Å². The maximum atomic E-state index is 13.9. The number of nitrogens with zero attached hydrogens (tertiary/aromatic N) is 2. The average Bonchev–Trinajstić information content (AvgIpc) is 3.29. The molecule has 1 saturated heterocycles. The largest absolute Gasteiger partial charge is 0.497 e. The van der Waals surface area contributed by atoms with Crippen molar-refractivity contribution < 1.29 is 19.1 Å². The Morgan fingerprint density at radius 2 is 1.72 bits per heavy atom. The van der Waals surface area contributed by atoms with Crippen LogP contribution in [0.2, 0.25) is 0 Å². The van der Waals surface area contributed by atoms with Gasteiger partial charge in [-0.2, -0.15) is 0 Å². The highest BCUT2D eigenvalue weighted by molar-refractivity contribution is 5.97. The first-order chi connectivity index (χ1) is 17.6. The first-order valence-electron chi connectivity index (χ1n) is 12.0. The zero-order valence-electron chi connectivity index (χ0n) is 20.2. The molecule has 3 heterocycles. The third-order valence-electron chi connectivity index (χ3n) is 7.29. The van der Waals surface area contributed by atoms with Gasteiger partial charge in [-0.3, -0.25) is 9.59 Å². The summed E-state index contributed by atoms with van der Waals surface area (Å²) >= 11 is 0. The number of rotatable bonds is 5. The van der Waals surface area contributed by atoms with Crippen LogP contribution in [0.4, 0.5) is 0 Å². The molecule has 4 aromatic rings. The number of aromatic amines is 1. The van der Waals surface area contributed by atoms with Crippen LogP contribution in [0.3, 0.4) is 0 Å². The molecule has 7 heteroatoms. The third kappa shape index (κ3) is 3.50. The topological polar surface area (TPSA) is 74.9 Å². The van der Waals surface area contributed by atoms with E-state index in [1.54, 1.807) is 24.0 Å². The fraction of sp³-hybridized carbons (Fsp3) is 0.241. The molecule has 36 heavy (non-hydrogen) atoms. The van der Waals surface area contributed by atoms with Gasteiger partial charge < -0.3 is 24.3 Å². The van der Waals surface area contributed by atoms with Gasteiger partial charge in [-0.25, -0.2) is 0 Å². The van der Waals surface area contributed by atoms with Gasteiger partial charge in [0.15, 0.2) is 0 Å². The molecule has 2 amide bonds. The molecule has 0 bridgehead atoms. The van der Waals surface area contributed by atoms with Gasteiger partial charge in [0.1, 0.15) is 30.1 Å². The number of para-hydroxylation sites is 1. The van der Waals surface area contributed by atoms with Crippen LogP contribution >= 0.6 is 0 Å². The van der Waals surface area contributed by atoms with Crippen molar-refractivity contribution in [3.63, 3.8) is 0 Å². The van der Waals surface area contributed by atoms with E-state index in [0.29, 0.717) is 24.5 Å². The number of hydrogen-bond donors (Lipinski definition) is 1. The Morgan fingerprint density at radius 1 is 0.944 bits per heavy atom. The Kier molecular flexibility index (Phi) is 5.40. The highest BCUT2D eigenvalue weighted by Crippen LogP contribution is 2.45. The van der Waals surface area contributed by atoms with Crippen LogP contribution in [0.25, 0.3) is 10.9 Å². The average molecular weight is 482 g/mol. The zero-order valence-corrected chi connectivity index (χ0v) is 20.2. The Bertz CT molecular complexity index is 1460. The van der Waals surface area contributed by atoms with Crippen molar-refractivity contribution in [2.24, 2.45) is 0 Å². The van der Waals surface area contributed by atoms with Crippen molar-refractivity contribution in [2.75, 3.05) is 20.8 Å². The van der Waals surface area contributed by atoms with Gasteiger partial charge in [0.25, 0.3) is 0 Å². The second-order valence-electron chi connectivity index (χ2n) is 9.27. The van der Waals surface area contributed by atoms with Gasteiger partial charge in [-0.15, -0.1) is 0 Å². The van der Waals surface area contributed by atoms with Crippen LogP contribution in [0.15, 0.2) is 72.8 Å². The van der Waals surface area contributed by atoms with Crippen LogP contribution in [-0.2, 0) is 22.6 Å². The molecule has 0 saturated carbocycles. The minimum Gasteiger partial charge on any atom is -0.497 e. The van der Waals surface area contributed by atoms with E-state index in [1.165, 1.54) is 0 Å². The number of ether oxygens (including phenoxy) is 2. The van der Waals surface area contributed by atoms with Gasteiger partial charge in [0.05, 0.1) is 14.2 Å². The number of carbonyl (C=O) groups is 2. The fourth-order valence-corrected chi connectivity index (χ4v) is 5.63. The molecule has 1 aromatic heterocycles. The first kappa shape index (κ1) is 22.2. The molecule has 3 aromatic carbocycles.